The standard InChI is InChI=1S/C23H20F2N6O/c1-14(17-8-18(24)10-19(25)9-17)30-23(32)31-6-2-3-20-21(31)7-15(11-27-20)4-5-16-12-28-22(26)29-13-16/h7-14H,2-3,6H2,1H3,(H,30,32)(H2,26,28,29)/t14-/m0/s1. The van der Waals surface area contributed by atoms with E-state index in [1.54, 1.807) is 24.1 Å². The maximum absolute atomic E-state index is 13.5. The highest BCUT2D eigenvalue weighted by Gasteiger charge is 2.25. The number of nitrogens with zero attached hydrogens (tertiary/aromatic N) is 4. The molecule has 0 fully saturated rings. The molecule has 2 amide bonds. The summed E-state index contributed by atoms with van der Waals surface area (Å²) in [5, 5.41) is 2.81. The molecular weight excluding hydrogens is 414 g/mol. The molecule has 0 aliphatic carbocycles. The quantitative estimate of drug-likeness (QED) is 0.603. The number of hydrogen-bond donors (Lipinski definition) is 2. The van der Waals surface area contributed by atoms with E-state index >= 15 is 0 Å². The number of urea groups is 1. The largest absolute Gasteiger partial charge is 0.368 e. The van der Waals surface area contributed by atoms with E-state index in [9.17, 15) is 13.6 Å². The predicted octanol–water partition coefficient (Wildman–Crippen LogP) is 3.36. The normalized spacial score (nSPS) is 13.5. The first-order chi connectivity index (χ1) is 15.4. The Morgan fingerprint density at radius 3 is 2.44 bits per heavy atom. The molecule has 0 spiro atoms. The van der Waals surface area contributed by atoms with Gasteiger partial charge in [0.05, 0.1) is 23.0 Å². The van der Waals surface area contributed by atoms with Crippen molar-refractivity contribution in [3.05, 3.63) is 76.9 Å². The zero-order valence-corrected chi connectivity index (χ0v) is 17.3. The van der Waals surface area contributed by atoms with Gasteiger partial charge < -0.3 is 11.1 Å². The molecule has 1 aromatic carbocycles. The molecule has 1 aliphatic heterocycles. The molecule has 32 heavy (non-hydrogen) atoms. The van der Waals surface area contributed by atoms with Gasteiger partial charge in [-0.05, 0) is 43.5 Å². The smallest absolute Gasteiger partial charge is 0.322 e. The van der Waals surface area contributed by atoms with Crippen molar-refractivity contribution >= 4 is 17.7 Å². The minimum atomic E-state index is -0.691. The minimum Gasteiger partial charge on any atom is -0.368 e. The number of aromatic nitrogens is 3. The van der Waals surface area contributed by atoms with Gasteiger partial charge in [0.15, 0.2) is 0 Å². The lowest BCUT2D eigenvalue weighted by molar-refractivity contribution is 0.243. The van der Waals surface area contributed by atoms with Crippen molar-refractivity contribution in [3.63, 3.8) is 0 Å². The number of carbonyl (C=O) groups excluding carboxylic acids is 1. The first kappa shape index (κ1) is 21.2. The van der Waals surface area contributed by atoms with Crippen LogP contribution < -0.4 is 16.0 Å². The Morgan fingerprint density at radius 2 is 1.72 bits per heavy atom. The molecule has 1 aliphatic rings. The van der Waals surface area contributed by atoms with Gasteiger partial charge in [-0.3, -0.25) is 9.88 Å². The Balaban J connectivity index is 1.55. The third kappa shape index (κ3) is 4.81. The number of carbonyl (C=O) groups is 1. The molecule has 4 rings (SSSR count). The molecule has 162 valence electrons. The molecule has 0 radical (unpaired) electrons. The van der Waals surface area contributed by atoms with E-state index < -0.39 is 17.7 Å². The molecule has 0 saturated carbocycles. The van der Waals surface area contributed by atoms with E-state index in [1.165, 1.54) is 24.5 Å². The van der Waals surface area contributed by atoms with Crippen molar-refractivity contribution in [1.82, 2.24) is 20.3 Å². The molecule has 1 atom stereocenters. The van der Waals surface area contributed by atoms with Crippen LogP contribution in [-0.4, -0.2) is 27.5 Å². The Hall–Kier alpha value is -4.06. The van der Waals surface area contributed by atoms with Crippen molar-refractivity contribution in [2.24, 2.45) is 0 Å². The highest BCUT2D eigenvalue weighted by atomic mass is 19.1. The number of rotatable bonds is 2. The van der Waals surface area contributed by atoms with Gasteiger partial charge in [-0.1, -0.05) is 11.8 Å². The number of fused-ring (bicyclic) bond motifs is 1. The summed E-state index contributed by atoms with van der Waals surface area (Å²) in [4.78, 5) is 26.8. The van der Waals surface area contributed by atoms with Crippen molar-refractivity contribution in [3.8, 4) is 11.8 Å². The number of halogens is 2. The Kier molecular flexibility index (Phi) is 5.94. The van der Waals surface area contributed by atoms with Crippen molar-refractivity contribution in [2.75, 3.05) is 17.2 Å². The van der Waals surface area contributed by atoms with Gasteiger partial charge >= 0.3 is 6.03 Å². The van der Waals surface area contributed by atoms with Crippen LogP contribution in [-0.2, 0) is 6.42 Å². The van der Waals surface area contributed by atoms with Gasteiger partial charge in [-0.15, -0.1) is 0 Å². The molecule has 2 aromatic heterocycles. The summed E-state index contributed by atoms with van der Waals surface area (Å²) in [6.45, 7) is 2.17. The zero-order valence-electron chi connectivity index (χ0n) is 17.3. The van der Waals surface area contributed by atoms with Crippen molar-refractivity contribution < 1.29 is 13.6 Å². The van der Waals surface area contributed by atoms with E-state index in [1.807, 2.05) is 0 Å². The van der Waals surface area contributed by atoms with E-state index in [2.05, 4.69) is 32.1 Å². The molecule has 7 nitrogen and oxygen atoms in total. The van der Waals surface area contributed by atoms with Gasteiger partial charge in [0, 0.05) is 36.8 Å². The summed E-state index contributed by atoms with van der Waals surface area (Å²) in [5.74, 6) is 4.72. The van der Waals surface area contributed by atoms with Gasteiger partial charge in [0.2, 0.25) is 5.95 Å². The van der Waals surface area contributed by atoms with Gasteiger partial charge in [0.1, 0.15) is 11.6 Å². The maximum atomic E-state index is 13.5. The van der Waals surface area contributed by atoms with Crippen LogP contribution in [0.1, 0.15) is 41.8 Å². The third-order valence-corrected chi connectivity index (χ3v) is 5.03. The highest BCUT2D eigenvalue weighted by molar-refractivity contribution is 5.93. The van der Waals surface area contributed by atoms with E-state index in [0.29, 0.717) is 28.9 Å². The number of hydrogen-bond acceptors (Lipinski definition) is 5. The van der Waals surface area contributed by atoms with Crippen LogP contribution in [0.5, 0.6) is 0 Å². The van der Waals surface area contributed by atoms with Crippen LogP contribution in [0.4, 0.5) is 25.2 Å². The van der Waals surface area contributed by atoms with Crippen LogP contribution in [0.25, 0.3) is 0 Å². The third-order valence-electron chi connectivity index (χ3n) is 5.03. The number of nitrogens with one attached hydrogen (secondary N) is 1. The lowest BCUT2D eigenvalue weighted by Crippen LogP contribution is -2.44. The number of amides is 2. The van der Waals surface area contributed by atoms with Gasteiger partial charge in [-0.2, -0.15) is 0 Å². The van der Waals surface area contributed by atoms with Crippen LogP contribution in [0.3, 0.4) is 0 Å². The highest BCUT2D eigenvalue weighted by Crippen LogP contribution is 2.27. The van der Waals surface area contributed by atoms with Crippen LogP contribution in [0.2, 0.25) is 0 Å². The van der Waals surface area contributed by atoms with Crippen LogP contribution in [0, 0.1) is 23.5 Å². The summed E-state index contributed by atoms with van der Waals surface area (Å²) in [6, 6.07) is 4.05. The predicted molar refractivity (Wildman–Crippen MR) is 116 cm³/mol. The zero-order chi connectivity index (χ0) is 22.7. The summed E-state index contributed by atoms with van der Waals surface area (Å²) < 4.78 is 27.1. The number of benzene rings is 1. The molecule has 3 aromatic rings. The van der Waals surface area contributed by atoms with E-state index in [0.717, 1.165) is 24.6 Å². The molecule has 9 heteroatoms. The molecule has 0 saturated heterocycles. The summed E-state index contributed by atoms with van der Waals surface area (Å²) in [5.41, 5.74) is 8.50. The maximum Gasteiger partial charge on any atom is 0.322 e. The summed E-state index contributed by atoms with van der Waals surface area (Å²) in [6.07, 6.45) is 6.20. The fraction of sp³-hybridized carbons (Fsp3) is 0.217. The lowest BCUT2D eigenvalue weighted by Gasteiger charge is -2.30. The number of aryl methyl sites for hydroxylation is 1. The van der Waals surface area contributed by atoms with E-state index in [4.69, 9.17) is 5.73 Å². The summed E-state index contributed by atoms with van der Waals surface area (Å²) >= 11 is 0. The average molecular weight is 434 g/mol. The van der Waals surface area contributed by atoms with Crippen molar-refractivity contribution in [1.29, 1.82) is 0 Å². The second kappa shape index (κ2) is 8.98. The van der Waals surface area contributed by atoms with Crippen LogP contribution in [0.15, 0.2) is 42.9 Å². The first-order valence-corrected chi connectivity index (χ1v) is 10.0. The number of nitrogens with two attached hydrogens (primary N) is 1. The van der Waals surface area contributed by atoms with Gasteiger partial charge in [0.25, 0.3) is 0 Å². The first-order valence-electron chi connectivity index (χ1n) is 10.0. The number of nitrogen functional groups attached to an aromatic ring is 1. The Morgan fingerprint density at radius 1 is 1.06 bits per heavy atom. The summed E-state index contributed by atoms with van der Waals surface area (Å²) in [7, 11) is 0. The number of anilines is 2. The lowest BCUT2D eigenvalue weighted by atomic mass is 10.1. The molecular formula is C23H20F2N6O. The molecule has 3 heterocycles. The SMILES string of the molecule is C[C@H](NC(=O)N1CCCc2ncc(C#Cc3cnc(N)nc3)cc21)c1cc(F)cc(F)c1. The molecule has 3 N–H and O–H groups in total. The Labute approximate surface area is 183 Å². The fourth-order valence-corrected chi connectivity index (χ4v) is 3.43. The second-order valence-corrected chi connectivity index (χ2v) is 7.40. The minimum absolute atomic E-state index is 0.169. The average Bonchev–Trinajstić information content (AvgIpc) is 2.77. The molecule has 0 bridgehead atoms. The topological polar surface area (TPSA) is 97.0 Å². The van der Waals surface area contributed by atoms with E-state index in [-0.39, 0.29) is 12.0 Å². The van der Waals surface area contributed by atoms with Crippen molar-refractivity contribution in [2.45, 2.75) is 25.8 Å². The molecule has 0 unspecified atom stereocenters. The monoisotopic (exact) mass is 434 g/mol. The second-order valence-electron chi connectivity index (χ2n) is 7.40. The Bertz CT molecular complexity index is 1200. The number of pyridine rings is 1. The fourth-order valence-electron chi connectivity index (χ4n) is 3.43. The van der Waals surface area contributed by atoms with Crippen LogP contribution >= 0.6 is 0 Å². The van der Waals surface area contributed by atoms with Gasteiger partial charge in [-0.25, -0.2) is 23.5 Å².